The van der Waals surface area contributed by atoms with Crippen LogP contribution in [0.4, 0.5) is 5.69 Å². The van der Waals surface area contributed by atoms with E-state index < -0.39 is 0 Å². The Morgan fingerprint density at radius 2 is 1.87 bits per heavy atom. The monoisotopic (exact) mass is 306 g/mol. The first-order chi connectivity index (χ1) is 11.3. The number of rotatable bonds is 3. The molecule has 0 radical (unpaired) electrons. The predicted octanol–water partition coefficient (Wildman–Crippen LogP) is 3.45. The number of fused-ring (bicyclic) bond motifs is 3. The van der Waals surface area contributed by atoms with Gasteiger partial charge in [-0.25, -0.2) is 0 Å². The van der Waals surface area contributed by atoms with Crippen molar-refractivity contribution in [3.05, 3.63) is 65.7 Å². The average Bonchev–Trinajstić information content (AvgIpc) is 3.05. The zero-order valence-electron chi connectivity index (χ0n) is 13.5. The highest BCUT2D eigenvalue weighted by Crippen LogP contribution is 2.51. The number of amides is 1. The molecule has 23 heavy (non-hydrogen) atoms. The molecule has 1 saturated carbocycles. The summed E-state index contributed by atoms with van der Waals surface area (Å²) < 4.78 is 0. The number of hydrogen-bond acceptors (Lipinski definition) is 2. The number of nitrogens with one attached hydrogen (secondary N) is 1. The highest BCUT2D eigenvalue weighted by molar-refractivity contribution is 5.99. The van der Waals surface area contributed by atoms with E-state index in [4.69, 9.17) is 0 Å². The zero-order chi connectivity index (χ0) is 15.9. The lowest BCUT2D eigenvalue weighted by atomic mass is 9.75. The third kappa shape index (κ3) is 2.11. The van der Waals surface area contributed by atoms with Crippen LogP contribution in [-0.2, 0) is 16.9 Å². The van der Waals surface area contributed by atoms with Crippen LogP contribution in [0.3, 0.4) is 0 Å². The van der Waals surface area contributed by atoms with Gasteiger partial charge in [-0.3, -0.25) is 4.79 Å². The molecule has 2 aliphatic rings. The molecule has 2 aromatic rings. The first-order valence-electron chi connectivity index (χ1n) is 8.40. The smallest absolute Gasteiger partial charge is 0.232 e. The molecule has 1 amide bonds. The molecule has 118 valence electrons. The molecule has 2 atom stereocenters. The fourth-order valence-corrected chi connectivity index (χ4v) is 4.42. The Hall–Kier alpha value is -2.13. The van der Waals surface area contributed by atoms with E-state index in [2.05, 4.69) is 35.6 Å². The Balaban J connectivity index is 1.82. The van der Waals surface area contributed by atoms with Gasteiger partial charge in [0, 0.05) is 5.69 Å². The number of benzene rings is 2. The van der Waals surface area contributed by atoms with E-state index >= 15 is 0 Å². The molecule has 2 unspecified atom stereocenters. The molecule has 4 rings (SSSR count). The fraction of sp³-hybridized carbons (Fsp3) is 0.350. The summed E-state index contributed by atoms with van der Waals surface area (Å²) >= 11 is 0. The lowest BCUT2D eigenvalue weighted by molar-refractivity contribution is -0.125. The first-order valence-corrected chi connectivity index (χ1v) is 8.40. The Morgan fingerprint density at radius 3 is 2.65 bits per heavy atom. The second-order valence-electron chi connectivity index (χ2n) is 6.59. The molecule has 0 bridgehead atoms. The molecule has 1 aliphatic heterocycles. The standard InChI is InChI=1S/C20H22N2O/c1-21-20-13-7-11-17(20)19(23)22(14-15-8-3-2-4-9-15)18-12-6-5-10-16(18)20/h2-6,8-10,12,17,21H,7,11,13-14H2,1H3. The van der Waals surface area contributed by atoms with E-state index in [-0.39, 0.29) is 17.4 Å². The van der Waals surface area contributed by atoms with Crippen molar-refractivity contribution in [1.82, 2.24) is 5.32 Å². The molecule has 1 N–H and O–H groups in total. The van der Waals surface area contributed by atoms with Crippen molar-refractivity contribution < 1.29 is 4.79 Å². The highest BCUT2D eigenvalue weighted by atomic mass is 16.2. The third-order valence-corrected chi connectivity index (χ3v) is 5.53. The van der Waals surface area contributed by atoms with E-state index in [9.17, 15) is 4.79 Å². The largest absolute Gasteiger partial charge is 0.310 e. The molecule has 1 fully saturated rings. The molecule has 1 heterocycles. The average molecular weight is 306 g/mol. The SMILES string of the molecule is CNC12CCCC1C(=O)N(Cc1ccccc1)c1ccccc12. The number of carbonyl (C=O) groups excluding carboxylic acids is 1. The van der Waals surface area contributed by atoms with Crippen LogP contribution in [0.15, 0.2) is 54.6 Å². The summed E-state index contributed by atoms with van der Waals surface area (Å²) in [4.78, 5) is 15.2. The first kappa shape index (κ1) is 14.5. The van der Waals surface area contributed by atoms with Gasteiger partial charge in [-0.1, -0.05) is 55.0 Å². The van der Waals surface area contributed by atoms with Crippen LogP contribution < -0.4 is 10.2 Å². The summed E-state index contributed by atoms with van der Waals surface area (Å²) in [5.74, 6) is 0.311. The van der Waals surface area contributed by atoms with E-state index in [0.717, 1.165) is 24.9 Å². The van der Waals surface area contributed by atoms with Crippen molar-refractivity contribution >= 4 is 11.6 Å². The van der Waals surface area contributed by atoms with E-state index in [1.54, 1.807) is 0 Å². The van der Waals surface area contributed by atoms with Gasteiger partial charge in [0.25, 0.3) is 0 Å². The topological polar surface area (TPSA) is 32.3 Å². The summed E-state index contributed by atoms with van der Waals surface area (Å²) in [5, 5.41) is 3.50. The van der Waals surface area contributed by atoms with Crippen LogP contribution in [-0.4, -0.2) is 13.0 Å². The van der Waals surface area contributed by atoms with Gasteiger partial charge in [-0.05, 0) is 37.1 Å². The normalized spacial score (nSPS) is 26.0. The highest BCUT2D eigenvalue weighted by Gasteiger charge is 2.52. The third-order valence-electron chi connectivity index (χ3n) is 5.53. The molecule has 0 saturated heterocycles. The van der Waals surface area contributed by atoms with Crippen LogP contribution in [0.5, 0.6) is 0 Å². The molecule has 0 aromatic heterocycles. The minimum atomic E-state index is -0.180. The molecular formula is C20H22N2O. The Bertz CT molecular complexity index is 727. The van der Waals surface area contributed by atoms with Gasteiger partial charge in [0.2, 0.25) is 5.91 Å². The van der Waals surface area contributed by atoms with Crippen molar-refractivity contribution in [3.8, 4) is 0 Å². The van der Waals surface area contributed by atoms with Crippen LogP contribution in [0.1, 0.15) is 30.4 Å². The number of hydrogen-bond donors (Lipinski definition) is 1. The van der Waals surface area contributed by atoms with Gasteiger partial charge in [0.15, 0.2) is 0 Å². The van der Waals surface area contributed by atoms with Gasteiger partial charge < -0.3 is 10.2 Å². The summed E-state index contributed by atoms with van der Waals surface area (Å²) in [7, 11) is 2.00. The molecule has 1 aliphatic carbocycles. The second kappa shape index (κ2) is 5.50. The van der Waals surface area contributed by atoms with Crippen LogP contribution >= 0.6 is 0 Å². The van der Waals surface area contributed by atoms with Gasteiger partial charge in [0.05, 0.1) is 18.0 Å². The number of carbonyl (C=O) groups is 1. The zero-order valence-corrected chi connectivity index (χ0v) is 13.5. The number of para-hydroxylation sites is 1. The van der Waals surface area contributed by atoms with Gasteiger partial charge in [0.1, 0.15) is 0 Å². The predicted molar refractivity (Wildman–Crippen MR) is 92.2 cm³/mol. The van der Waals surface area contributed by atoms with Crippen molar-refractivity contribution in [2.45, 2.75) is 31.3 Å². The lowest BCUT2D eigenvalue weighted by Gasteiger charge is -2.45. The molecule has 3 heteroatoms. The van der Waals surface area contributed by atoms with E-state index in [1.165, 1.54) is 11.1 Å². The number of anilines is 1. The number of nitrogens with zero attached hydrogens (tertiary/aromatic N) is 1. The van der Waals surface area contributed by atoms with Gasteiger partial charge in [-0.15, -0.1) is 0 Å². The Morgan fingerprint density at radius 1 is 1.13 bits per heavy atom. The second-order valence-corrected chi connectivity index (χ2v) is 6.59. The molecule has 3 nitrogen and oxygen atoms in total. The molecule has 0 spiro atoms. The summed E-state index contributed by atoms with van der Waals surface area (Å²) in [6, 6.07) is 18.6. The summed E-state index contributed by atoms with van der Waals surface area (Å²) in [6.45, 7) is 0.646. The van der Waals surface area contributed by atoms with E-state index in [0.29, 0.717) is 6.54 Å². The van der Waals surface area contributed by atoms with Crippen molar-refractivity contribution in [2.75, 3.05) is 11.9 Å². The van der Waals surface area contributed by atoms with Crippen molar-refractivity contribution in [2.24, 2.45) is 5.92 Å². The Labute approximate surface area is 137 Å². The van der Waals surface area contributed by atoms with Gasteiger partial charge in [-0.2, -0.15) is 0 Å². The summed E-state index contributed by atoms with van der Waals surface area (Å²) in [5.41, 5.74) is 3.33. The maximum Gasteiger partial charge on any atom is 0.232 e. The minimum Gasteiger partial charge on any atom is -0.310 e. The van der Waals surface area contributed by atoms with Crippen LogP contribution in [0, 0.1) is 5.92 Å². The van der Waals surface area contributed by atoms with Gasteiger partial charge >= 0.3 is 0 Å². The molecule has 2 aromatic carbocycles. The van der Waals surface area contributed by atoms with E-state index in [1.807, 2.05) is 36.2 Å². The van der Waals surface area contributed by atoms with Crippen molar-refractivity contribution in [1.29, 1.82) is 0 Å². The Kier molecular flexibility index (Phi) is 3.46. The fourth-order valence-electron chi connectivity index (χ4n) is 4.42. The van der Waals surface area contributed by atoms with Crippen LogP contribution in [0.2, 0.25) is 0 Å². The lowest BCUT2D eigenvalue weighted by Crippen LogP contribution is -2.55. The molecular weight excluding hydrogens is 284 g/mol. The quantitative estimate of drug-likeness (QED) is 0.942. The minimum absolute atomic E-state index is 0.0473. The van der Waals surface area contributed by atoms with Crippen molar-refractivity contribution in [3.63, 3.8) is 0 Å². The maximum absolute atomic E-state index is 13.2. The van der Waals surface area contributed by atoms with Crippen LogP contribution in [0.25, 0.3) is 0 Å². The maximum atomic E-state index is 13.2. The summed E-state index contributed by atoms with van der Waals surface area (Å²) in [6.07, 6.45) is 3.11.